The third kappa shape index (κ3) is 6.60. The van der Waals surface area contributed by atoms with Crippen LogP contribution in [0.4, 0.5) is 4.79 Å². The molecule has 0 spiro atoms. The highest BCUT2D eigenvalue weighted by Crippen LogP contribution is 2.66. The molecule has 1 aromatic heterocycles. The first-order valence-electron chi connectivity index (χ1n) is 17.8. The average Bonchev–Trinajstić information content (AvgIpc) is 3.44. The Hall–Kier alpha value is -2.35. The number of carbonyl (C=O) groups is 4. The van der Waals surface area contributed by atoms with Crippen LogP contribution in [-0.4, -0.2) is 72.5 Å². The summed E-state index contributed by atoms with van der Waals surface area (Å²) >= 11 is 1.42. The molecule has 0 unspecified atom stereocenters. The monoisotopic (exact) mass is 703 g/mol. The summed E-state index contributed by atoms with van der Waals surface area (Å²) in [5.41, 5.74) is 4.96. The maximum absolute atomic E-state index is 14.5. The Morgan fingerprint density at radius 2 is 1.73 bits per heavy atom. The van der Waals surface area contributed by atoms with Crippen LogP contribution in [0.25, 0.3) is 0 Å². The van der Waals surface area contributed by atoms with Crippen molar-refractivity contribution in [3.63, 3.8) is 0 Å². The number of nitrogens with two attached hydrogens (primary N) is 1. The molecule has 2 aliphatic heterocycles. The fourth-order valence-electron chi connectivity index (χ4n) is 8.94. The van der Waals surface area contributed by atoms with E-state index in [0.29, 0.717) is 17.9 Å². The number of urea groups is 1. The Morgan fingerprint density at radius 3 is 2.31 bits per heavy atom. The van der Waals surface area contributed by atoms with Gasteiger partial charge in [0.25, 0.3) is 5.91 Å². The molecule has 3 amide bonds. The van der Waals surface area contributed by atoms with Crippen LogP contribution in [0.15, 0.2) is 16.3 Å². The van der Waals surface area contributed by atoms with Crippen molar-refractivity contribution in [2.45, 2.75) is 122 Å². The van der Waals surface area contributed by atoms with Gasteiger partial charge >= 0.3 is 6.03 Å². The lowest BCUT2D eigenvalue weighted by Gasteiger charge is -2.43. The topological polar surface area (TPSA) is 159 Å². The number of nitrogens with one attached hydrogen (secondary N) is 2. The van der Waals surface area contributed by atoms with Gasteiger partial charge in [-0.3, -0.25) is 19.3 Å². The largest absolute Gasteiger partial charge is 0.363 e. The molecule has 6 rings (SSSR count). The number of likely N-dealkylation sites (tertiary alicyclic amines) is 1. The van der Waals surface area contributed by atoms with Gasteiger partial charge in [-0.1, -0.05) is 73.1 Å². The number of hydrogen-bond donors (Lipinski definition) is 3. The van der Waals surface area contributed by atoms with Crippen molar-refractivity contribution >= 4 is 44.9 Å². The first kappa shape index (κ1) is 35.5. The second-order valence-corrected chi connectivity index (χ2v) is 19.6. The molecule has 1 aromatic rings. The third-order valence-corrected chi connectivity index (χ3v) is 15.3. The van der Waals surface area contributed by atoms with Gasteiger partial charge < -0.3 is 16.4 Å². The van der Waals surface area contributed by atoms with Crippen LogP contribution in [-0.2, 0) is 31.0 Å². The Bertz CT molecular complexity index is 1540. The number of Topliss-reactive ketones (excluding diaryl/α,β-unsaturated/α-hetero) is 2. The van der Waals surface area contributed by atoms with Crippen LogP contribution in [0.5, 0.6) is 0 Å². The summed E-state index contributed by atoms with van der Waals surface area (Å²) in [6, 6.07) is 0.153. The maximum atomic E-state index is 14.5. The fourth-order valence-corrected chi connectivity index (χ4v) is 11.9. The summed E-state index contributed by atoms with van der Waals surface area (Å²) in [7, 11) is -3.64. The number of carbonyl (C=O) groups excluding carboxylic acids is 4. The van der Waals surface area contributed by atoms with Crippen LogP contribution in [0.3, 0.4) is 0 Å². The van der Waals surface area contributed by atoms with E-state index in [1.807, 2.05) is 20.8 Å². The molecule has 3 saturated carbocycles. The summed E-state index contributed by atoms with van der Waals surface area (Å²) in [4.78, 5) is 57.2. The lowest BCUT2D eigenvalue weighted by Crippen LogP contribution is -2.62. The van der Waals surface area contributed by atoms with Crippen molar-refractivity contribution < 1.29 is 27.6 Å². The number of amides is 3. The molecule has 3 aliphatic carbocycles. The number of fused-ring (bicyclic) bond motifs is 2. The van der Waals surface area contributed by atoms with Crippen molar-refractivity contribution in [2.24, 2.45) is 46.2 Å². The van der Waals surface area contributed by atoms with Crippen molar-refractivity contribution in [3.8, 4) is 0 Å². The molecular formula is C35H53N5O6S2. The van der Waals surface area contributed by atoms with E-state index < -0.39 is 57.3 Å². The van der Waals surface area contributed by atoms with E-state index in [4.69, 9.17) is 5.73 Å². The van der Waals surface area contributed by atoms with E-state index in [1.165, 1.54) is 15.6 Å². The van der Waals surface area contributed by atoms with Crippen LogP contribution in [0, 0.1) is 40.4 Å². The Labute approximate surface area is 289 Å². The molecule has 48 heavy (non-hydrogen) atoms. The smallest absolute Gasteiger partial charge is 0.316 e. The van der Waals surface area contributed by atoms with Crippen LogP contribution in [0.2, 0.25) is 0 Å². The van der Waals surface area contributed by atoms with Gasteiger partial charge in [0, 0.05) is 30.6 Å². The van der Waals surface area contributed by atoms with Crippen molar-refractivity contribution in [3.05, 3.63) is 16.3 Å². The zero-order chi connectivity index (χ0) is 34.8. The van der Waals surface area contributed by atoms with Crippen LogP contribution < -0.4 is 16.4 Å². The summed E-state index contributed by atoms with van der Waals surface area (Å²) in [5, 5.41) is 8.20. The summed E-state index contributed by atoms with van der Waals surface area (Å²) in [5.74, 6) is -2.55. The molecule has 1 saturated heterocycles. The van der Waals surface area contributed by atoms with Crippen molar-refractivity contribution in [1.82, 2.24) is 19.8 Å². The number of sulfonamides is 1. The molecule has 4 N–H and O–H groups in total. The first-order valence-corrected chi connectivity index (χ1v) is 20.1. The minimum atomic E-state index is -3.64. The molecule has 4 fully saturated rings. The second-order valence-electron chi connectivity index (χ2n) is 16.7. The molecule has 0 radical (unpaired) electrons. The molecule has 5 aliphatic rings. The molecular weight excluding hydrogens is 651 g/mol. The van der Waals surface area contributed by atoms with Gasteiger partial charge in [-0.15, -0.1) is 11.3 Å². The number of piperidine rings is 1. The van der Waals surface area contributed by atoms with Gasteiger partial charge in [0.05, 0.1) is 23.0 Å². The lowest BCUT2D eigenvalue weighted by atomic mass is 9.75. The van der Waals surface area contributed by atoms with Crippen LogP contribution >= 0.6 is 11.3 Å². The quantitative estimate of drug-likeness (QED) is 0.217. The van der Waals surface area contributed by atoms with Gasteiger partial charge in [0.15, 0.2) is 5.78 Å². The summed E-state index contributed by atoms with van der Waals surface area (Å²) in [6.45, 7) is 11.3. The molecule has 11 nitrogen and oxygen atoms in total. The highest BCUT2D eigenvalue weighted by molar-refractivity contribution is 7.89. The standard InChI is InChI=1S/C35H53N5O6S2/c1-34(2,3)26(19-39-18-24-25(14-15-47-24)48(39,45)46)37-33(44)38-32(21-12-7-6-8-13-21)40-17-23-27(35(23,4)5)28(40)29(41)22(30(42)31(36)43)16-20-10-9-11-20/h14-15,20-23,26-28,32H,6-13,16-19H2,1-5H3,(H2,36,43)(H2,37,38,44)/t22-,23-,26+,27-,28-,32+/m0/s1. The number of nitrogens with zero attached hydrogens (tertiary/aromatic N) is 2. The van der Waals surface area contributed by atoms with Gasteiger partial charge in [0.2, 0.25) is 15.8 Å². The van der Waals surface area contributed by atoms with Crippen LogP contribution in [0.1, 0.15) is 97.3 Å². The van der Waals surface area contributed by atoms with E-state index in [0.717, 1.165) is 56.2 Å². The van der Waals surface area contributed by atoms with E-state index in [2.05, 4.69) is 29.4 Å². The number of hydrogen-bond acceptors (Lipinski definition) is 8. The van der Waals surface area contributed by atoms with Crippen molar-refractivity contribution in [1.29, 1.82) is 0 Å². The molecule has 0 aromatic carbocycles. The Balaban J connectivity index is 1.24. The van der Waals surface area contributed by atoms with Gasteiger partial charge in [-0.05, 0) is 65.2 Å². The number of thiophene rings is 1. The minimum absolute atomic E-state index is 0.0228. The predicted octanol–water partition coefficient (Wildman–Crippen LogP) is 4.26. The summed E-state index contributed by atoms with van der Waals surface area (Å²) in [6.07, 6.45) is 7.83. The molecule has 6 atom stereocenters. The molecule has 0 bridgehead atoms. The van der Waals surface area contributed by atoms with Crippen molar-refractivity contribution in [2.75, 3.05) is 13.1 Å². The summed E-state index contributed by atoms with van der Waals surface area (Å²) < 4.78 is 28.0. The molecule has 13 heteroatoms. The fraction of sp³-hybridized carbons (Fsp3) is 0.771. The molecule has 266 valence electrons. The van der Waals surface area contributed by atoms with Gasteiger partial charge in [0.1, 0.15) is 0 Å². The number of primary amides is 1. The predicted molar refractivity (Wildman–Crippen MR) is 183 cm³/mol. The lowest BCUT2D eigenvalue weighted by molar-refractivity contribution is -0.145. The average molecular weight is 704 g/mol. The van der Waals surface area contributed by atoms with E-state index >= 15 is 0 Å². The SMILES string of the molecule is CC(C)(C)[C@@H](CN1Cc2sccc2S1(=O)=O)NC(=O)N[C@@H](C1CCCCC1)N1C[C@H]2[C@@H]([C@H]1C(=O)[C@H](CC1CCC1)C(=O)C(N)=O)C2(C)C. The second kappa shape index (κ2) is 13.1. The maximum Gasteiger partial charge on any atom is 0.316 e. The third-order valence-electron chi connectivity index (χ3n) is 12.3. The molecule has 3 heterocycles. The number of rotatable bonds is 12. The van der Waals surface area contributed by atoms with E-state index in [-0.39, 0.29) is 48.0 Å². The normalized spacial score (nSPS) is 28.8. The zero-order valence-corrected chi connectivity index (χ0v) is 30.6. The van der Waals surface area contributed by atoms with Gasteiger partial charge in [-0.25, -0.2) is 13.2 Å². The zero-order valence-electron chi connectivity index (χ0n) is 29.0. The Morgan fingerprint density at radius 1 is 1.04 bits per heavy atom. The highest BCUT2D eigenvalue weighted by Gasteiger charge is 2.70. The minimum Gasteiger partial charge on any atom is -0.363 e. The number of ketones is 2. The first-order chi connectivity index (χ1) is 22.5. The Kier molecular flexibility index (Phi) is 9.67. The van der Waals surface area contributed by atoms with E-state index in [9.17, 15) is 27.6 Å². The van der Waals surface area contributed by atoms with Gasteiger partial charge in [-0.2, -0.15) is 4.31 Å². The highest BCUT2D eigenvalue weighted by atomic mass is 32.2. The van der Waals surface area contributed by atoms with E-state index in [1.54, 1.807) is 11.4 Å².